The highest BCUT2D eigenvalue weighted by Gasteiger charge is 2.27. The maximum atomic E-state index is 10.9. The molecule has 0 saturated carbocycles. The van der Waals surface area contributed by atoms with Crippen molar-refractivity contribution in [2.45, 2.75) is 6.10 Å². The molecule has 2 aliphatic rings. The van der Waals surface area contributed by atoms with Crippen LogP contribution in [0.15, 0.2) is 12.1 Å². The van der Waals surface area contributed by atoms with E-state index in [1.54, 1.807) is 12.1 Å². The third-order valence-corrected chi connectivity index (χ3v) is 2.78. The third-order valence-electron chi connectivity index (χ3n) is 2.50. The Balaban J connectivity index is 1.97. The minimum atomic E-state index is -0.418. The van der Waals surface area contributed by atoms with E-state index in [2.05, 4.69) is 5.32 Å². The molecule has 6 heteroatoms. The Morgan fingerprint density at radius 1 is 1.38 bits per heavy atom. The first-order valence-electron chi connectivity index (χ1n) is 4.77. The number of halogens is 1. The lowest BCUT2D eigenvalue weighted by molar-refractivity contribution is 0.141. The number of nitrogens with one attached hydrogen (secondary N) is 1. The number of rotatable bonds is 1. The second kappa shape index (κ2) is 3.45. The monoisotopic (exact) mass is 241 g/mol. The van der Waals surface area contributed by atoms with Crippen molar-refractivity contribution in [3.8, 4) is 11.5 Å². The van der Waals surface area contributed by atoms with E-state index in [1.165, 1.54) is 0 Å². The lowest BCUT2D eigenvalue weighted by Crippen LogP contribution is -2.12. The number of carbonyl (C=O) groups is 1. The predicted molar refractivity (Wildman–Crippen MR) is 54.8 cm³/mol. The first-order chi connectivity index (χ1) is 7.74. The van der Waals surface area contributed by atoms with Gasteiger partial charge in [0.15, 0.2) is 11.5 Å². The van der Waals surface area contributed by atoms with E-state index in [4.69, 9.17) is 25.8 Å². The summed E-state index contributed by atoms with van der Waals surface area (Å²) in [6.45, 7) is 0.607. The Morgan fingerprint density at radius 3 is 3.00 bits per heavy atom. The van der Waals surface area contributed by atoms with Gasteiger partial charge in [-0.3, -0.25) is 0 Å². The van der Waals surface area contributed by atoms with Crippen LogP contribution in [0.1, 0.15) is 11.7 Å². The Morgan fingerprint density at radius 2 is 2.25 bits per heavy atom. The zero-order valence-corrected chi connectivity index (χ0v) is 8.91. The Kier molecular flexibility index (Phi) is 2.07. The average molecular weight is 242 g/mol. The van der Waals surface area contributed by atoms with Gasteiger partial charge in [0.2, 0.25) is 6.79 Å². The number of carbonyl (C=O) groups excluding carboxylic acids is 1. The lowest BCUT2D eigenvalue weighted by Gasteiger charge is -2.09. The molecular weight excluding hydrogens is 234 g/mol. The SMILES string of the molecule is O=C1NCC(c2cc(Cl)c3c(c2)OCO3)O1. The van der Waals surface area contributed by atoms with Gasteiger partial charge in [0.1, 0.15) is 6.10 Å². The van der Waals surface area contributed by atoms with Crippen molar-refractivity contribution >= 4 is 17.7 Å². The number of alkyl carbamates (subject to hydrolysis) is 1. The van der Waals surface area contributed by atoms with Crippen LogP contribution in [0.3, 0.4) is 0 Å². The molecule has 2 heterocycles. The maximum absolute atomic E-state index is 10.9. The van der Waals surface area contributed by atoms with Crippen molar-refractivity contribution < 1.29 is 19.0 Å². The van der Waals surface area contributed by atoms with Crippen LogP contribution in [0.25, 0.3) is 0 Å². The summed E-state index contributed by atoms with van der Waals surface area (Å²) in [5.41, 5.74) is 0.799. The lowest BCUT2D eigenvalue weighted by atomic mass is 10.1. The Labute approximate surface area is 96.2 Å². The highest BCUT2D eigenvalue weighted by molar-refractivity contribution is 6.32. The van der Waals surface area contributed by atoms with Gasteiger partial charge in [0.05, 0.1) is 11.6 Å². The average Bonchev–Trinajstić information content (AvgIpc) is 2.85. The van der Waals surface area contributed by atoms with Crippen molar-refractivity contribution in [2.24, 2.45) is 0 Å². The van der Waals surface area contributed by atoms with Gasteiger partial charge in [-0.25, -0.2) is 4.79 Å². The van der Waals surface area contributed by atoms with Gasteiger partial charge in [0, 0.05) is 0 Å². The van der Waals surface area contributed by atoms with Gasteiger partial charge in [0.25, 0.3) is 0 Å². The van der Waals surface area contributed by atoms with Gasteiger partial charge in [-0.2, -0.15) is 0 Å². The number of cyclic esters (lactones) is 1. The van der Waals surface area contributed by atoms with Crippen LogP contribution in [0.4, 0.5) is 4.79 Å². The molecule has 1 N–H and O–H groups in total. The first kappa shape index (κ1) is 9.59. The van der Waals surface area contributed by atoms with E-state index >= 15 is 0 Å². The summed E-state index contributed by atoms with van der Waals surface area (Å²) in [5.74, 6) is 1.13. The largest absolute Gasteiger partial charge is 0.454 e. The maximum Gasteiger partial charge on any atom is 0.407 e. The summed E-state index contributed by atoms with van der Waals surface area (Å²) < 4.78 is 15.5. The van der Waals surface area contributed by atoms with Crippen LogP contribution in [0.2, 0.25) is 5.02 Å². The molecule has 16 heavy (non-hydrogen) atoms. The highest BCUT2D eigenvalue weighted by Crippen LogP contribution is 2.41. The molecule has 5 nitrogen and oxygen atoms in total. The molecule has 1 amide bonds. The molecule has 84 valence electrons. The number of ether oxygens (including phenoxy) is 3. The van der Waals surface area contributed by atoms with Crippen LogP contribution in [0.5, 0.6) is 11.5 Å². The first-order valence-corrected chi connectivity index (χ1v) is 5.15. The zero-order valence-electron chi connectivity index (χ0n) is 8.16. The van der Waals surface area contributed by atoms with E-state index < -0.39 is 6.09 Å². The van der Waals surface area contributed by atoms with Crippen molar-refractivity contribution in [2.75, 3.05) is 13.3 Å². The molecule has 1 unspecified atom stereocenters. The molecule has 2 aliphatic heterocycles. The fraction of sp³-hybridized carbons (Fsp3) is 0.300. The van der Waals surface area contributed by atoms with Crippen LogP contribution < -0.4 is 14.8 Å². The summed E-state index contributed by atoms with van der Waals surface area (Å²) in [6, 6.07) is 3.50. The molecule has 0 bridgehead atoms. The minimum Gasteiger partial charge on any atom is -0.454 e. The fourth-order valence-electron chi connectivity index (χ4n) is 1.75. The van der Waals surface area contributed by atoms with E-state index in [9.17, 15) is 4.79 Å². The van der Waals surface area contributed by atoms with E-state index in [-0.39, 0.29) is 12.9 Å². The molecule has 0 radical (unpaired) electrons. The van der Waals surface area contributed by atoms with Gasteiger partial charge in [-0.1, -0.05) is 11.6 Å². The summed E-state index contributed by atoms with van der Waals surface area (Å²) in [5, 5.41) is 3.04. The van der Waals surface area contributed by atoms with Gasteiger partial charge in [-0.05, 0) is 17.7 Å². The van der Waals surface area contributed by atoms with E-state index in [1.807, 2.05) is 0 Å². The van der Waals surface area contributed by atoms with E-state index in [0.29, 0.717) is 23.1 Å². The van der Waals surface area contributed by atoms with Gasteiger partial charge in [-0.15, -0.1) is 0 Å². The van der Waals surface area contributed by atoms with Crippen molar-refractivity contribution in [3.63, 3.8) is 0 Å². The summed E-state index contributed by atoms with van der Waals surface area (Å²) in [6.07, 6.45) is -0.738. The second-order valence-electron chi connectivity index (χ2n) is 3.51. The third kappa shape index (κ3) is 1.44. The fourth-order valence-corrected chi connectivity index (χ4v) is 2.02. The number of benzene rings is 1. The molecule has 1 atom stereocenters. The summed E-state index contributed by atoms with van der Waals surface area (Å²) in [4.78, 5) is 10.9. The van der Waals surface area contributed by atoms with Gasteiger partial charge >= 0.3 is 6.09 Å². The number of fused-ring (bicyclic) bond motifs is 1. The van der Waals surface area contributed by atoms with Crippen LogP contribution in [0, 0.1) is 0 Å². The molecule has 1 aromatic rings. The number of hydrogen-bond acceptors (Lipinski definition) is 4. The smallest absolute Gasteiger partial charge is 0.407 e. The van der Waals surface area contributed by atoms with E-state index in [0.717, 1.165) is 5.56 Å². The molecule has 0 aliphatic carbocycles. The quantitative estimate of drug-likeness (QED) is 0.815. The molecule has 1 saturated heterocycles. The molecule has 1 fully saturated rings. The van der Waals surface area contributed by atoms with Crippen LogP contribution in [-0.4, -0.2) is 19.4 Å². The number of amides is 1. The second-order valence-corrected chi connectivity index (χ2v) is 3.92. The normalized spacial score (nSPS) is 21.8. The molecule has 1 aromatic carbocycles. The number of hydrogen-bond donors (Lipinski definition) is 1. The van der Waals surface area contributed by atoms with Crippen molar-refractivity contribution in [1.82, 2.24) is 5.32 Å². The minimum absolute atomic E-state index is 0.168. The summed E-state index contributed by atoms with van der Waals surface area (Å²) >= 11 is 6.02. The Bertz CT molecular complexity index is 462. The summed E-state index contributed by atoms with van der Waals surface area (Å²) in [7, 11) is 0. The Hall–Kier alpha value is -1.62. The van der Waals surface area contributed by atoms with Gasteiger partial charge < -0.3 is 19.5 Å². The van der Waals surface area contributed by atoms with Crippen LogP contribution >= 0.6 is 11.6 Å². The van der Waals surface area contributed by atoms with Crippen LogP contribution in [-0.2, 0) is 4.74 Å². The molecular formula is C10H8ClNO4. The van der Waals surface area contributed by atoms with Crippen molar-refractivity contribution in [1.29, 1.82) is 0 Å². The highest BCUT2D eigenvalue weighted by atomic mass is 35.5. The predicted octanol–water partition coefficient (Wildman–Crippen LogP) is 1.85. The van der Waals surface area contributed by atoms with Crippen molar-refractivity contribution in [3.05, 3.63) is 22.7 Å². The standard InChI is InChI=1S/C10H8ClNO4/c11-6-1-5(8-3-12-10(13)16-8)2-7-9(6)15-4-14-7/h1-2,8H,3-4H2,(H,12,13). The topological polar surface area (TPSA) is 56.8 Å². The molecule has 0 spiro atoms. The zero-order chi connectivity index (χ0) is 11.1. The molecule has 3 rings (SSSR count). The molecule has 0 aromatic heterocycles.